The Bertz CT molecular complexity index is 996. The molecule has 1 N–H and O–H groups in total. The summed E-state index contributed by atoms with van der Waals surface area (Å²) in [5.41, 5.74) is 1.22. The van der Waals surface area contributed by atoms with Gasteiger partial charge in [-0.1, -0.05) is 54.2 Å². The molecule has 3 rings (SSSR count). The molecule has 2 aromatic rings. The second-order valence-electron chi connectivity index (χ2n) is 6.09. The molecule has 0 radical (unpaired) electrons. The third kappa shape index (κ3) is 4.20. The first-order chi connectivity index (χ1) is 12.7. The third-order valence-corrected chi connectivity index (χ3v) is 6.04. The quantitative estimate of drug-likeness (QED) is 0.826. The summed E-state index contributed by atoms with van der Waals surface area (Å²) in [4.78, 5) is 11.2. The lowest BCUT2D eigenvalue weighted by Gasteiger charge is -2.35. The number of rotatable bonds is 5. The molecule has 6 nitrogen and oxygen atoms in total. The number of hydrogen-bond donors (Lipinski definition) is 1. The molecule has 1 atom stereocenters. The van der Waals surface area contributed by atoms with E-state index >= 15 is 0 Å². The molecule has 1 unspecified atom stereocenters. The molecule has 0 aromatic heterocycles. The predicted molar refractivity (Wildman–Crippen MR) is 104 cm³/mol. The van der Waals surface area contributed by atoms with Gasteiger partial charge in [-0.15, -0.1) is 0 Å². The molecule has 0 spiro atoms. The Labute approximate surface area is 161 Å². The van der Waals surface area contributed by atoms with Gasteiger partial charge in [-0.3, -0.25) is 4.79 Å². The largest absolute Gasteiger partial charge is 0.273 e. The van der Waals surface area contributed by atoms with Crippen molar-refractivity contribution in [2.24, 2.45) is 5.10 Å². The van der Waals surface area contributed by atoms with Crippen molar-refractivity contribution in [1.82, 2.24) is 9.73 Å². The fourth-order valence-electron chi connectivity index (χ4n) is 2.78. The van der Waals surface area contributed by atoms with Gasteiger partial charge < -0.3 is 0 Å². The highest BCUT2D eigenvalue weighted by Crippen LogP contribution is 2.47. The smallest absolute Gasteiger partial charge is 0.241 e. The Balaban J connectivity index is 2.10. The molecule has 0 saturated carbocycles. The molecular weight excluding hydrogens is 389 g/mol. The van der Waals surface area contributed by atoms with Gasteiger partial charge in [-0.25, -0.2) is 22.5 Å². The molecule has 1 heterocycles. The van der Waals surface area contributed by atoms with E-state index in [1.165, 1.54) is 35.8 Å². The minimum Gasteiger partial charge on any atom is -0.273 e. The van der Waals surface area contributed by atoms with Crippen LogP contribution in [0.25, 0.3) is 0 Å². The van der Waals surface area contributed by atoms with Crippen LogP contribution in [-0.4, -0.2) is 37.2 Å². The highest BCUT2D eigenvalue weighted by Gasteiger charge is 2.48. The lowest BCUT2D eigenvalue weighted by Crippen LogP contribution is -2.48. The van der Waals surface area contributed by atoms with Crippen molar-refractivity contribution in [3.05, 3.63) is 71.5 Å². The maximum Gasteiger partial charge on any atom is 0.241 e. The Morgan fingerprint density at radius 3 is 2.52 bits per heavy atom. The number of nitrogens with zero attached hydrogens (tertiary/aromatic N) is 2. The predicted octanol–water partition coefficient (Wildman–Crippen LogP) is 2.48. The van der Waals surface area contributed by atoms with Gasteiger partial charge in [-0.05, 0) is 17.7 Å². The molecule has 2 aromatic carbocycles. The first kappa shape index (κ1) is 19.5. The fourth-order valence-corrected chi connectivity index (χ4v) is 4.68. The van der Waals surface area contributed by atoms with Crippen LogP contribution in [0.2, 0.25) is 0 Å². The van der Waals surface area contributed by atoms with Crippen LogP contribution < -0.4 is 4.72 Å². The zero-order chi connectivity index (χ0) is 19.7. The average Bonchev–Trinajstić information content (AvgIpc) is 3.02. The summed E-state index contributed by atoms with van der Waals surface area (Å²) in [6.07, 6.45) is 1.05. The van der Waals surface area contributed by atoms with E-state index in [0.29, 0.717) is 16.2 Å². The van der Waals surface area contributed by atoms with E-state index in [1.807, 2.05) is 6.07 Å². The van der Waals surface area contributed by atoms with Crippen molar-refractivity contribution >= 4 is 32.7 Å². The highest BCUT2D eigenvalue weighted by atomic mass is 32.2. The van der Waals surface area contributed by atoms with Crippen LogP contribution in [0.15, 0.2) is 59.7 Å². The molecule has 0 saturated heterocycles. The van der Waals surface area contributed by atoms with E-state index in [9.17, 15) is 17.6 Å². The Morgan fingerprint density at radius 1 is 1.22 bits per heavy atom. The molecule has 0 fully saturated rings. The average molecular weight is 407 g/mol. The SMILES string of the molecule is CC(=O)N1N=C(c2cccc(F)c2)SC1(CNS(C)(=O)=O)c1ccccc1. The molecule has 142 valence electrons. The fraction of sp³-hybridized carbons (Fsp3) is 0.222. The van der Waals surface area contributed by atoms with Crippen LogP contribution in [0.5, 0.6) is 0 Å². The van der Waals surface area contributed by atoms with Gasteiger partial charge in [-0.2, -0.15) is 5.10 Å². The maximum absolute atomic E-state index is 13.7. The minimum atomic E-state index is -3.51. The lowest BCUT2D eigenvalue weighted by atomic mass is 10.1. The van der Waals surface area contributed by atoms with Crippen LogP contribution >= 0.6 is 11.8 Å². The third-order valence-electron chi connectivity index (χ3n) is 3.97. The molecule has 27 heavy (non-hydrogen) atoms. The number of sulfonamides is 1. The first-order valence-corrected chi connectivity index (χ1v) is 10.8. The molecule has 1 aliphatic heterocycles. The van der Waals surface area contributed by atoms with E-state index in [4.69, 9.17) is 0 Å². The van der Waals surface area contributed by atoms with Crippen molar-refractivity contribution in [2.45, 2.75) is 11.8 Å². The van der Waals surface area contributed by atoms with Crippen molar-refractivity contribution in [2.75, 3.05) is 12.8 Å². The minimum absolute atomic E-state index is 0.0809. The van der Waals surface area contributed by atoms with Gasteiger partial charge >= 0.3 is 0 Å². The van der Waals surface area contributed by atoms with Crippen LogP contribution in [0.3, 0.4) is 0 Å². The number of halogens is 1. The Hall–Kier alpha value is -2.23. The summed E-state index contributed by atoms with van der Waals surface area (Å²) >= 11 is 1.21. The van der Waals surface area contributed by atoms with E-state index in [0.717, 1.165) is 6.26 Å². The number of carbonyl (C=O) groups excluding carboxylic acids is 1. The summed E-state index contributed by atoms with van der Waals surface area (Å²) in [7, 11) is -3.51. The zero-order valence-electron chi connectivity index (χ0n) is 14.7. The number of hydrazone groups is 1. The van der Waals surface area contributed by atoms with Gasteiger partial charge in [0, 0.05) is 12.5 Å². The topological polar surface area (TPSA) is 78.8 Å². The molecule has 0 aliphatic carbocycles. The monoisotopic (exact) mass is 407 g/mol. The first-order valence-electron chi connectivity index (χ1n) is 8.06. The number of benzene rings is 2. The number of thioether (sulfide) groups is 1. The van der Waals surface area contributed by atoms with Crippen LogP contribution in [-0.2, 0) is 19.7 Å². The summed E-state index contributed by atoms with van der Waals surface area (Å²) in [5, 5.41) is 6.08. The van der Waals surface area contributed by atoms with Crippen molar-refractivity contribution in [3.63, 3.8) is 0 Å². The summed E-state index contributed by atoms with van der Waals surface area (Å²) < 4.78 is 39.6. The number of amides is 1. The standard InChI is InChI=1S/C18H18FN3O3S2/c1-13(23)22-18(12-20-27(2,24)25,15-8-4-3-5-9-15)26-17(21-22)14-7-6-10-16(19)11-14/h3-11,20H,12H2,1-2H3. The second-order valence-corrected chi connectivity index (χ2v) is 9.19. The Morgan fingerprint density at radius 2 is 1.93 bits per heavy atom. The van der Waals surface area contributed by atoms with Gasteiger partial charge in [0.1, 0.15) is 10.9 Å². The molecule has 1 aliphatic rings. The number of carbonyl (C=O) groups is 1. The van der Waals surface area contributed by atoms with E-state index in [-0.39, 0.29) is 12.5 Å². The summed E-state index contributed by atoms with van der Waals surface area (Å²) in [6.45, 7) is 1.28. The van der Waals surface area contributed by atoms with Crippen LogP contribution in [0.4, 0.5) is 4.39 Å². The van der Waals surface area contributed by atoms with Crippen LogP contribution in [0, 0.1) is 5.82 Å². The molecule has 0 bridgehead atoms. The summed E-state index contributed by atoms with van der Waals surface area (Å²) in [6, 6.07) is 14.9. The van der Waals surface area contributed by atoms with Crippen LogP contribution in [0.1, 0.15) is 18.1 Å². The molecule has 1 amide bonds. The maximum atomic E-state index is 13.7. The highest BCUT2D eigenvalue weighted by molar-refractivity contribution is 8.15. The number of hydrogen-bond acceptors (Lipinski definition) is 5. The van der Waals surface area contributed by atoms with Gasteiger partial charge in [0.25, 0.3) is 0 Å². The normalized spacial score (nSPS) is 19.8. The van der Waals surface area contributed by atoms with Crippen molar-refractivity contribution in [1.29, 1.82) is 0 Å². The van der Waals surface area contributed by atoms with Gasteiger partial charge in [0.05, 0.1) is 12.8 Å². The molecule has 9 heteroatoms. The Kier molecular flexibility index (Phi) is 5.36. The lowest BCUT2D eigenvalue weighted by molar-refractivity contribution is -0.132. The van der Waals surface area contributed by atoms with E-state index in [2.05, 4.69) is 9.82 Å². The second kappa shape index (κ2) is 7.41. The summed E-state index contributed by atoms with van der Waals surface area (Å²) in [5.74, 6) is -0.773. The van der Waals surface area contributed by atoms with Crippen molar-refractivity contribution in [3.8, 4) is 0 Å². The van der Waals surface area contributed by atoms with E-state index < -0.39 is 20.7 Å². The zero-order valence-corrected chi connectivity index (χ0v) is 16.3. The van der Waals surface area contributed by atoms with Crippen molar-refractivity contribution < 1.29 is 17.6 Å². The molecular formula is C18H18FN3O3S2. The number of nitrogens with one attached hydrogen (secondary N) is 1. The van der Waals surface area contributed by atoms with E-state index in [1.54, 1.807) is 36.4 Å². The van der Waals surface area contributed by atoms with Gasteiger partial charge in [0.2, 0.25) is 15.9 Å². The van der Waals surface area contributed by atoms with Gasteiger partial charge in [0.15, 0.2) is 4.87 Å².